The molecule has 5 heteroatoms. The first-order valence-corrected chi connectivity index (χ1v) is 10.8. The molecule has 0 unspecified atom stereocenters. The predicted molar refractivity (Wildman–Crippen MR) is 127 cm³/mol. The zero-order valence-corrected chi connectivity index (χ0v) is 17.9. The van der Waals surface area contributed by atoms with Gasteiger partial charge in [-0.25, -0.2) is 4.98 Å². The van der Waals surface area contributed by atoms with Crippen molar-refractivity contribution in [2.24, 2.45) is 5.92 Å². The second-order valence-electron chi connectivity index (χ2n) is 7.94. The van der Waals surface area contributed by atoms with Gasteiger partial charge in [-0.15, -0.1) is 0 Å². The van der Waals surface area contributed by atoms with Crippen molar-refractivity contribution in [2.45, 2.75) is 12.8 Å². The van der Waals surface area contributed by atoms with Gasteiger partial charge in [-0.05, 0) is 54.7 Å². The summed E-state index contributed by atoms with van der Waals surface area (Å²) in [6.07, 6.45) is 8.00. The van der Waals surface area contributed by atoms with E-state index in [-0.39, 0.29) is 5.56 Å². The molecule has 0 spiro atoms. The molecular formula is C27H24N2O3. The van der Waals surface area contributed by atoms with Gasteiger partial charge in [-0.3, -0.25) is 9.20 Å². The SMILES string of the molecule is COc1cccc(/C=C/c2nc3ccccn3c(=O)c2-c2ccccc2)c1OCC1CC1. The molecular weight excluding hydrogens is 400 g/mol. The number of nitrogens with zero attached hydrogens (tertiary/aromatic N) is 2. The zero-order chi connectivity index (χ0) is 21.9. The van der Waals surface area contributed by atoms with Gasteiger partial charge in [0.05, 0.1) is 25.0 Å². The minimum Gasteiger partial charge on any atom is -0.493 e. The van der Waals surface area contributed by atoms with Crippen molar-refractivity contribution in [1.82, 2.24) is 9.38 Å². The van der Waals surface area contributed by atoms with E-state index in [1.807, 2.05) is 78.9 Å². The van der Waals surface area contributed by atoms with Gasteiger partial charge in [-0.1, -0.05) is 48.5 Å². The van der Waals surface area contributed by atoms with Crippen LogP contribution in [0.3, 0.4) is 0 Å². The van der Waals surface area contributed by atoms with E-state index in [4.69, 9.17) is 14.5 Å². The number of fused-ring (bicyclic) bond motifs is 1. The Balaban J connectivity index is 1.62. The molecule has 160 valence electrons. The minimum absolute atomic E-state index is 0.0997. The first-order chi connectivity index (χ1) is 15.7. The fourth-order valence-corrected chi connectivity index (χ4v) is 3.74. The number of methoxy groups -OCH3 is 1. The van der Waals surface area contributed by atoms with Crippen molar-refractivity contribution in [2.75, 3.05) is 13.7 Å². The Morgan fingerprint density at radius 2 is 1.81 bits per heavy atom. The molecule has 1 aliphatic rings. The fourth-order valence-electron chi connectivity index (χ4n) is 3.74. The second-order valence-corrected chi connectivity index (χ2v) is 7.94. The van der Waals surface area contributed by atoms with Crippen molar-refractivity contribution in [3.63, 3.8) is 0 Å². The number of hydrogen-bond acceptors (Lipinski definition) is 4. The molecule has 5 rings (SSSR count). The lowest BCUT2D eigenvalue weighted by molar-refractivity contribution is 0.280. The molecule has 0 aliphatic heterocycles. The van der Waals surface area contributed by atoms with Crippen LogP contribution in [0, 0.1) is 5.92 Å². The molecule has 0 saturated heterocycles. The van der Waals surface area contributed by atoms with Crippen molar-refractivity contribution in [1.29, 1.82) is 0 Å². The Bertz CT molecular complexity index is 1340. The van der Waals surface area contributed by atoms with Crippen LogP contribution >= 0.6 is 0 Å². The maximum atomic E-state index is 13.4. The molecule has 0 N–H and O–H groups in total. The van der Waals surface area contributed by atoms with E-state index >= 15 is 0 Å². The van der Waals surface area contributed by atoms with Gasteiger partial charge in [0.15, 0.2) is 11.5 Å². The van der Waals surface area contributed by atoms with Gasteiger partial charge in [0.25, 0.3) is 5.56 Å². The Hall–Kier alpha value is -3.86. The first kappa shape index (κ1) is 20.1. The number of aromatic nitrogens is 2. The molecule has 0 radical (unpaired) electrons. The average Bonchev–Trinajstić information content (AvgIpc) is 3.66. The third kappa shape index (κ3) is 4.02. The van der Waals surface area contributed by atoms with Crippen molar-refractivity contribution < 1.29 is 9.47 Å². The molecule has 1 fully saturated rings. The number of ether oxygens (including phenoxy) is 2. The van der Waals surface area contributed by atoms with E-state index in [1.54, 1.807) is 17.7 Å². The molecule has 5 nitrogen and oxygen atoms in total. The summed E-state index contributed by atoms with van der Waals surface area (Å²) in [4.78, 5) is 18.1. The number of hydrogen-bond donors (Lipinski definition) is 0. The van der Waals surface area contributed by atoms with E-state index in [1.165, 1.54) is 12.8 Å². The molecule has 4 aromatic rings. The van der Waals surface area contributed by atoms with Gasteiger partial charge in [0.1, 0.15) is 5.65 Å². The zero-order valence-electron chi connectivity index (χ0n) is 17.9. The van der Waals surface area contributed by atoms with Crippen molar-refractivity contribution in [3.05, 3.63) is 94.5 Å². The molecule has 0 atom stereocenters. The van der Waals surface area contributed by atoms with E-state index in [0.717, 1.165) is 16.9 Å². The van der Waals surface area contributed by atoms with Crippen LogP contribution in [0.5, 0.6) is 11.5 Å². The van der Waals surface area contributed by atoms with Gasteiger partial charge in [0.2, 0.25) is 0 Å². The van der Waals surface area contributed by atoms with Crippen molar-refractivity contribution in [3.8, 4) is 22.6 Å². The van der Waals surface area contributed by atoms with E-state index in [0.29, 0.717) is 35.2 Å². The molecule has 32 heavy (non-hydrogen) atoms. The lowest BCUT2D eigenvalue weighted by Crippen LogP contribution is -2.18. The van der Waals surface area contributed by atoms with Crippen LogP contribution in [-0.2, 0) is 0 Å². The summed E-state index contributed by atoms with van der Waals surface area (Å²) >= 11 is 0. The van der Waals surface area contributed by atoms with Gasteiger partial charge < -0.3 is 9.47 Å². The second kappa shape index (κ2) is 8.71. The lowest BCUT2D eigenvalue weighted by Gasteiger charge is -2.13. The molecule has 0 bridgehead atoms. The molecule has 2 aromatic carbocycles. The van der Waals surface area contributed by atoms with E-state index < -0.39 is 0 Å². The Labute approximate surface area is 186 Å². The third-order valence-electron chi connectivity index (χ3n) is 5.63. The molecule has 1 saturated carbocycles. The van der Waals surface area contributed by atoms with Gasteiger partial charge in [-0.2, -0.15) is 0 Å². The van der Waals surface area contributed by atoms with E-state index in [2.05, 4.69) is 0 Å². The summed E-state index contributed by atoms with van der Waals surface area (Å²) in [7, 11) is 1.64. The maximum absolute atomic E-state index is 13.4. The Morgan fingerprint density at radius 1 is 1.00 bits per heavy atom. The van der Waals surface area contributed by atoms with Crippen LogP contribution in [0.2, 0.25) is 0 Å². The highest BCUT2D eigenvalue weighted by Gasteiger charge is 2.23. The van der Waals surface area contributed by atoms with Crippen LogP contribution in [0.25, 0.3) is 28.9 Å². The van der Waals surface area contributed by atoms with Gasteiger partial charge in [0, 0.05) is 11.8 Å². The summed E-state index contributed by atoms with van der Waals surface area (Å²) in [6.45, 7) is 0.687. The number of rotatable bonds is 7. The third-order valence-corrected chi connectivity index (χ3v) is 5.63. The average molecular weight is 425 g/mol. The van der Waals surface area contributed by atoms with Crippen LogP contribution in [-0.4, -0.2) is 23.1 Å². The Kier molecular flexibility index (Phi) is 5.46. The highest BCUT2D eigenvalue weighted by molar-refractivity contribution is 5.81. The highest BCUT2D eigenvalue weighted by Crippen LogP contribution is 2.36. The fraction of sp³-hybridized carbons (Fsp3) is 0.185. The molecule has 2 heterocycles. The maximum Gasteiger partial charge on any atom is 0.266 e. The monoisotopic (exact) mass is 424 g/mol. The minimum atomic E-state index is -0.0997. The van der Waals surface area contributed by atoms with Crippen molar-refractivity contribution >= 4 is 17.8 Å². The summed E-state index contributed by atoms with van der Waals surface area (Å²) < 4.78 is 13.2. The summed E-state index contributed by atoms with van der Waals surface area (Å²) in [5.74, 6) is 2.04. The quantitative estimate of drug-likeness (QED) is 0.402. The summed E-state index contributed by atoms with van der Waals surface area (Å²) in [5, 5.41) is 0. The first-order valence-electron chi connectivity index (χ1n) is 10.8. The lowest BCUT2D eigenvalue weighted by atomic mass is 10.0. The standard InChI is InChI=1S/C27H24N2O3/c1-31-23-11-7-10-21(26(23)32-18-19-13-14-19)15-16-22-25(20-8-3-2-4-9-20)27(30)29-17-6-5-12-24(29)28-22/h2-12,15-17,19H,13-14,18H2,1H3/b16-15+. The topological polar surface area (TPSA) is 52.8 Å². The normalized spacial score (nSPS) is 13.5. The number of pyridine rings is 1. The number of benzene rings is 2. The number of para-hydroxylation sites is 1. The smallest absolute Gasteiger partial charge is 0.266 e. The van der Waals surface area contributed by atoms with Gasteiger partial charge >= 0.3 is 0 Å². The van der Waals surface area contributed by atoms with Crippen LogP contribution in [0.4, 0.5) is 0 Å². The molecule has 2 aromatic heterocycles. The Morgan fingerprint density at radius 3 is 2.59 bits per heavy atom. The largest absolute Gasteiger partial charge is 0.493 e. The highest BCUT2D eigenvalue weighted by atomic mass is 16.5. The van der Waals surface area contributed by atoms with Crippen LogP contribution in [0.1, 0.15) is 24.1 Å². The predicted octanol–water partition coefficient (Wildman–Crippen LogP) is 5.33. The molecule has 1 aliphatic carbocycles. The summed E-state index contributed by atoms with van der Waals surface area (Å²) in [5.41, 5.74) is 3.40. The summed E-state index contributed by atoms with van der Waals surface area (Å²) in [6, 6.07) is 21.0. The van der Waals surface area contributed by atoms with Crippen LogP contribution in [0.15, 0.2) is 77.7 Å². The van der Waals surface area contributed by atoms with E-state index in [9.17, 15) is 4.79 Å². The molecule has 0 amide bonds. The van der Waals surface area contributed by atoms with Crippen LogP contribution < -0.4 is 15.0 Å².